The van der Waals surface area contributed by atoms with Crippen LogP contribution in [0.5, 0.6) is 5.75 Å². The predicted octanol–water partition coefficient (Wildman–Crippen LogP) is 2.79. The molecule has 3 saturated heterocycles. The van der Waals surface area contributed by atoms with Gasteiger partial charge in [0.05, 0.1) is 36.9 Å². The van der Waals surface area contributed by atoms with Gasteiger partial charge in [0.25, 0.3) is 5.91 Å². The summed E-state index contributed by atoms with van der Waals surface area (Å²) in [6.07, 6.45) is 4.38. The zero-order chi connectivity index (χ0) is 26.0. The average molecular weight is 580 g/mol. The second-order valence-corrected chi connectivity index (χ2v) is 11.8. The first-order chi connectivity index (χ1) is 17.3. The second kappa shape index (κ2) is 11.0. The van der Waals surface area contributed by atoms with Crippen molar-refractivity contribution >= 4 is 51.2 Å². The standard InChI is InChI=1S/C26H31BrN2O6S/c1-4-6-14-35-25(33)19-20-23(31)29(12-13-30)22(26(20)15-18(27)21(19)36-26)24(32)28(11-5-2)16-7-9-17(34-3)10-8-16/h4-5,7-10,18-22,30H,1-2,6,11-15H2,3H3/t18?,19-,20+,21-,22?,26?/m1/s1. The van der Waals surface area contributed by atoms with Gasteiger partial charge in [0, 0.05) is 28.9 Å². The number of methoxy groups -OCH3 is 1. The van der Waals surface area contributed by atoms with Crippen LogP contribution in [0.2, 0.25) is 0 Å². The number of aliphatic hydroxyl groups excluding tert-OH is 1. The maximum atomic E-state index is 14.3. The number of carbonyl (C=O) groups is 3. The van der Waals surface area contributed by atoms with Gasteiger partial charge in [-0.25, -0.2) is 0 Å². The Morgan fingerprint density at radius 3 is 2.64 bits per heavy atom. The van der Waals surface area contributed by atoms with E-state index < -0.39 is 28.6 Å². The molecule has 194 valence electrons. The molecular weight excluding hydrogens is 548 g/mol. The van der Waals surface area contributed by atoms with E-state index >= 15 is 0 Å². The topological polar surface area (TPSA) is 96.4 Å². The van der Waals surface area contributed by atoms with Crippen molar-refractivity contribution in [2.75, 3.05) is 38.3 Å². The lowest BCUT2D eigenvalue weighted by molar-refractivity contribution is -0.154. The van der Waals surface area contributed by atoms with Crippen LogP contribution in [0.15, 0.2) is 49.6 Å². The van der Waals surface area contributed by atoms with Gasteiger partial charge in [-0.1, -0.05) is 28.1 Å². The van der Waals surface area contributed by atoms with Crippen molar-refractivity contribution < 1.29 is 29.0 Å². The first kappa shape index (κ1) is 26.8. The largest absolute Gasteiger partial charge is 0.497 e. The number of aliphatic hydroxyl groups is 1. The number of esters is 1. The Hall–Kier alpha value is -2.30. The highest BCUT2D eigenvalue weighted by atomic mass is 79.9. The number of halogens is 1. The van der Waals surface area contributed by atoms with E-state index in [1.54, 1.807) is 48.4 Å². The molecule has 4 rings (SSSR count). The van der Waals surface area contributed by atoms with E-state index in [9.17, 15) is 19.5 Å². The number of carbonyl (C=O) groups excluding carboxylic acids is 3. The Balaban J connectivity index is 1.72. The molecule has 10 heteroatoms. The predicted molar refractivity (Wildman–Crippen MR) is 142 cm³/mol. The fourth-order valence-corrected chi connectivity index (χ4v) is 9.32. The Morgan fingerprint density at radius 2 is 2.03 bits per heavy atom. The number of anilines is 1. The zero-order valence-electron chi connectivity index (χ0n) is 20.2. The van der Waals surface area contributed by atoms with Gasteiger partial charge in [0.1, 0.15) is 11.8 Å². The van der Waals surface area contributed by atoms with E-state index in [4.69, 9.17) is 9.47 Å². The molecule has 3 heterocycles. The van der Waals surface area contributed by atoms with Crippen molar-refractivity contribution in [3.63, 3.8) is 0 Å². The normalized spacial score (nSPS) is 30.1. The van der Waals surface area contributed by atoms with Crippen LogP contribution < -0.4 is 9.64 Å². The molecule has 2 bridgehead atoms. The van der Waals surface area contributed by atoms with Crippen LogP contribution in [-0.4, -0.2) is 82.1 Å². The quantitative estimate of drug-likeness (QED) is 0.187. The molecule has 3 aliphatic rings. The summed E-state index contributed by atoms with van der Waals surface area (Å²) in [4.78, 5) is 44.2. The third-order valence-electron chi connectivity index (χ3n) is 7.16. The minimum absolute atomic E-state index is 0.00838. The Labute approximate surface area is 223 Å². The highest BCUT2D eigenvalue weighted by molar-refractivity contribution is 9.09. The minimum Gasteiger partial charge on any atom is -0.497 e. The van der Waals surface area contributed by atoms with E-state index in [1.807, 2.05) is 0 Å². The summed E-state index contributed by atoms with van der Waals surface area (Å²) in [6.45, 7) is 7.62. The Kier molecular flexibility index (Phi) is 8.16. The SMILES string of the molecule is C=CCCOC(=O)[C@H]1[C@@H]2SC3(CC2Br)C(C(=O)N(CC=C)c2ccc(OC)cc2)N(CCO)C(=O)[C@H]13. The number of hydrogen-bond acceptors (Lipinski definition) is 7. The molecule has 3 unspecified atom stereocenters. The van der Waals surface area contributed by atoms with Gasteiger partial charge in [-0.2, -0.15) is 0 Å². The minimum atomic E-state index is -0.842. The van der Waals surface area contributed by atoms with Crippen LogP contribution in [0, 0.1) is 11.8 Å². The van der Waals surface area contributed by atoms with E-state index in [1.165, 1.54) is 16.7 Å². The number of alkyl halides is 1. The van der Waals surface area contributed by atoms with Crippen LogP contribution in [0.3, 0.4) is 0 Å². The molecule has 1 N–H and O–H groups in total. The number of ether oxygens (including phenoxy) is 2. The number of benzene rings is 1. The van der Waals surface area contributed by atoms with Crippen LogP contribution in [0.4, 0.5) is 5.69 Å². The maximum Gasteiger partial charge on any atom is 0.310 e. The number of thioether (sulfide) groups is 1. The van der Waals surface area contributed by atoms with Crippen molar-refractivity contribution in [3.05, 3.63) is 49.6 Å². The summed E-state index contributed by atoms with van der Waals surface area (Å²) < 4.78 is 9.94. The van der Waals surface area contributed by atoms with Gasteiger partial charge in [-0.3, -0.25) is 14.4 Å². The molecule has 3 fully saturated rings. The molecule has 3 aliphatic heterocycles. The Bertz CT molecular complexity index is 1040. The van der Waals surface area contributed by atoms with Crippen molar-refractivity contribution in [1.82, 2.24) is 4.90 Å². The number of amides is 2. The summed E-state index contributed by atoms with van der Waals surface area (Å²) in [5.74, 6) is -1.67. The molecule has 1 aromatic carbocycles. The van der Waals surface area contributed by atoms with Gasteiger partial charge >= 0.3 is 5.97 Å². The second-order valence-electron chi connectivity index (χ2n) is 9.10. The first-order valence-electron chi connectivity index (χ1n) is 11.9. The molecule has 0 radical (unpaired) electrons. The maximum absolute atomic E-state index is 14.3. The summed E-state index contributed by atoms with van der Waals surface area (Å²) in [6, 6.07) is 6.27. The molecule has 0 saturated carbocycles. The highest BCUT2D eigenvalue weighted by Crippen LogP contribution is 2.68. The lowest BCUT2D eigenvalue weighted by atomic mass is 9.71. The molecule has 2 amide bonds. The number of likely N-dealkylation sites (tertiary alicyclic amines) is 1. The van der Waals surface area contributed by atoms with Gasteiger partial charge < -0.3 is 24.4 Å². The van der Waals surface area contributed by atoms with Gasteiger partial charge in [-0.05, 0) is 37.1 Å². The van der Waals surface area contributed by atoms with E-state index in [0.29, 0.717) is 24.3 Å². The Morgan fingerprint density at radius 1 is 1.31 bits per heavy atom. The number of rotatable bonds is 11. The van der Waals surface area contributed by atoms with Gasteiger partial charge in [0.15, 0.2) is 0 Å². The van der Waals surface area contributed by atoms with Gasteiger partial charge in [0.2, 0.25) is 5.91 Å². The lowest BCUT2D eigenvalue weighted by Crippen LogP contribution is -2.56. The fourth-order valence-electron chi connectivity index (χ4n) is 5.73. The first-order valence-corrected chi connectivity index (χ1v) is 13.7. The van der Waals surface area contributed by atoms with Crippen LogP contribution in [0.1, 0.15) is 12.8 Å². The average Bonchev–Trinajstić information content (AvgIpc) is 3.46. The van der Waals surface area contributed by atoms with Crippen LogP contribution in [0.25, 0.3) is 0 Å². The highest BCUT2D eigenvalue weighted by Gasteiger charge is 2.76. The van der Waals surface area contributed by atoms with Crippen molar-refractivity contribution in [3.8, 4) is 5.75 Å². The fraction of sp³-hybridized carbons (Fsp3) is 0.500. The molecular formula is C26H31BrN2O6S. The third-order valence-corrected chi connectivity index (χ3v) is 10.4. The van der Waals surface area contributed by atoms with E-state index in [2.05, 4.69) is 29.1 Å². The van der Waals surface area contributed by atoms with Crippen molar-refractivity contribution in [2.24, 2.45) is 11.8 Å². The monoisotopic (exact) mass is 578 g/mol. The smallest absolute Gasteiger partial charge is 0.310 e. The molecule has 8 nitrogen and oxygen atoms in total. The summed E-state index contributed by atoms with van der Waals surface area (Å²) in [5, 5.41) is 9.61. The summed E-state index contributed by atoms with van der Waals surface area (Å²) in [7, 11) is 1.57. The zero-order valence-corrected chi connectivity index (χ0v) is 22.6. The van der Waals surface area contributed by atoms with Crippen molar-refractivity contribution in [1.29, 1.82) is 0 Å². The summed E-state index contributed by atoms with van der Waals surface area (Å²) in [5.41, 5.74) is 0.644. The third kappa shape index (κ3) is 4.37. The van der Waals surface area contributed by atoms with Crippen molar-refractivity contribution in [2.45, 2.75) is 33.7 Å². The van der Waals surface area contributed by atoms with Crippen LogP contribution in [-0.2, 0) is 19.1 Å². The molecule has 0 aromatic heterocycles. The van der Waals surface area contributed by atoms with E-state index in [-0.39, 0.29) is 48.2 Å². The van der Waals surface area contributed by atoms with E-state index in [0.717, 1.165) is 0 Å². The number of nitrogens with zero attached hydrogens (tertiary/aromatic N) is 2. The molecule has 1 aromatic rings. The number of hydrogen-bond donors (Lipinski definition) is 1. The lowest BCUT2D eigenvalue weighted by Gasteiger charge is -2.37. The number of fused-ring (bicyclic) bond motifs is 1. The molecule has 1 spiro atoms. The molecule has 0 aliphatic carbocycles. The molecule has 36 heavy (non-hydrogen) atoms. The number of β-amino-alcohol motifs (C(OH)–C–C–N with tert-alkyl or cyclic N) is 1. The summed E-state index contributed by atoms with van der Waals surface area (Å²) >= 11 is 5.26. The van der Waals surface area contributed by atoms with Crippen LogP contribution >= 0.6 is 27.7 Å². The van der Waals surface area contributed by atoms with Gasteiger partial charge in [-0.15, -0.1) is 24.9 Å². The molecule has 6 atom stereocenters.